The van der Waals surface area contributed by atoms with Gasteiger partial charge in [0.1, 0.15) is 58.4 Å². The summed E-state index contributed by atoms with van der Waals surface area (Å²) in [5.74, 6) is -8.54. The number of hydrogen-bond donors (Lipinski definition) is 6. The Hall–Kier alpha value is -7.92. The van der Waals surface area contributed by atoms with E-state index < -0.39 is 173 Å². The fourth-order valence-electron chi connectivity index (χ4n) is 12.2. The second kappa shape index (κ2) is 29.0. The van der Waals surface area contributed by atoms with E-state index in [4.69, 9.17) is 34.9 Å². The van der Waals surface area contributed by atoms with Crippen LogP contribution >= 0.6 is 35.1 Å². The van der Waals surface area contributed by atoms with Crippen molar-refractivity contribution < 1.29 is 82.2 Å². The Kier molecular flexibility index (Phi) is 21.8. The first-order chi connectivity index (χ1) is 47.3. The minimum absolute atomic E-state index is 0. The van der Waals surface area contributed by atoms with Crippen LogP contribution in [-0.2, 0) is 53.6 Å². The highest BCUT2D eigenvalue weighted by Crippen LogP contribution is 2.50. The van der Waals surface area contributed by atoms with Crippen LogP contribution in [0, 0.1) is 22.7 Å². The number of rotatable bonds is 21. The Morgan fingerprint density at radius 2 is 0.951 bits per heavy atom. The molecule has 10 atom stereocenters. The van der Waals surface area contributed by atoms with E-state index in [0.29, 0.717) is 59.1 Å². The molecule has 0 bridgehead atoms. The normalized spacial score (nSPS) is 24.0. The number of halogens is 5. The maximum atomic E-state index is 14.5. The highest BCUT2D eigenvalue weighted by molar-refractivity contribution is 7.91. The molecule has 7 N–H and O–H groups in total. The van der Waals surface area contributed by atoms with Crippen molar-refractivity contribution in [1.29, 1.82) is 0 Å². The molecule has 4 aromatic heterocycles. The van der Waals surface area contributed by atoms with E-state index in [9.17, 15) is 68.0 Å². The molecule has 0 unspecified atom stereocenters. The maximum absolute atomic E-state index is 14.5. The molecule has 2 aliphatic heterocycles. The largest absolute Gasteiger partial charge is 0.471 e. The number of alkyl halides is 4. The first-order valence-corrected chi connectivity index (χ1v) is 37.8. The number of benzene rings is 2. The van der Waals surface area contributed by atoms with Crippen LogP contribution in [0.4, 0.5) is 22.4 Å². The van der Waals surface area contributed by atoms with Crippen molar-refractivity contribution in [3.63, 3.8) is 0 Å². The van der Waals surface area contributed by atoms with Crippen molar-refractivity contribution in [3.05, 3.63) is 83.6 Å². The second-order valence-electron chi connectivity index (χ2n) is 29.5. The SMILES string of the molecule is CC(C)(C)OC(=O)N[C@H](C(=O)N1C[C@H](Oc2nc3ccccc3nc2-c2cccs2)C[C@H]1C(=O)N[C@]1(C(=O)NS(=O)(=O)C2CC2)C[C@H]1C(F)F)C(C)(C)C.CC(C)(C)[C@H](N)C(=O)N1C[C@H](Oc2nc3ccccc3nc2-c2cccs2)C[C@H]1C(=O)N[C@]1(C(=O)NS(=O)(=O)C2CC2)C[C@H]1C(F)F.Cl. The summed E-state index contributed by atoms with van der Waals surface area (Å²) in [6, 6.07) is 16.9. The van der Waals surface area contributed by atoms with E-state index in [1.54, 1.807) is 86.6 Å². The van der Waals surface area contributed by atoms with Crippen LogP contribution in [0.3, 0.4) is 0 Å². The van der Waals surface area contributed by atoms with Crippen LogP contribution < -0.4 is 40.6 Å². The molecule has 6 fully saturated rings. The molecule has 6 heterocycles. The van der Waals surface area contributed by atoms with Crippen LogP contribution in [0.5, 0.6) is 11.8 Å². The third-order valence-electron chi connectivity index (χ3n) is 18.3. The number of alkyl carbamates (subject to hydrolysis) is 1. The summed E-state index contributed by atoms with van der Waals surface area (Å²) < 4.78 is 128. The highest BCUT2D eigenvalue weighted by atomic mass is 35.5. The summed E-state index contributed by atoms with van der Waals surface area (Å²) in [5.41, 5.74) is 2.71. The zero-order chi connectivity index (χ0) is 73.3. The first kappa shape index (κ1) is 76.7. The van der Waals surface area contributed by atoms with Crippen molar-refractivity contribution in [2.75, 3.05) is 13.1 Å². The van der Waals surface area contributed by atoms with Crippen molar-refractivity contribution >= 4 is 119 Å². The minimum atomic E-state index is -4.14. The van der Waals surface area contributed by atoms with Gasteiger partial charge in [-0.15, -0.1) is 35.1 Å². The predicted molar refractivity (Wildman–Crippen MR) is 372 cm³/mol. The average Bonchev–Trinajstić information content (AvgIpc) is 1.57. The fourth-order valence-corrected chi connectivity index (χ4v) is 16.4. The van der Waals surface area contributed by atoms with Gasteiger partial charge in [-0.25, -0.2) is 59.1 Å². The summed E-state index contributed by atoms with van der Waals surface area (Å²) in [5, 5.41) is 9.61. The number of thiophene rings is 2. The van der Waals surface area contributed by atoms with Gasteiger partial charge in [-0.05, 0) is 117 Å². The number of likely N-dealkylation sites (tertiary alicyclic amines) is 2. The third-order valence-corrected chi connectivity index (χ3v) is 23.7. The molecule has 0 spiro atoms. The average molecular weight is 1520 g/mol. The van der Waals surface area contributed by atoms with Crippen molar-refractivity contribution in [1.82, 2.24) is 55.1 Å². The Bertz CT molecular complexity index is 4430. The zero-order valence-electron chi connectivity index (χ0n) is 57.1. The molecule has 4 aliphatic carbocycles. The van der Waals surface area contributed by atoms with Crippen LogP contribution in [0.2, 0.25) is 0 Å². The molecule has 102 heavy (non-hydrogen) atoms. The molecule has 4 saturated carbocycles. The lowest BCUT2D eigenvalue weighted by molar-refractivity contribution is -0.143. The van der Waals surface area contributed by atoms with Gasteiger partial charge in [0.2, 0.25) is 68.3 Å². The van der Waals surface area contributed by atoms with Gasteiger partial charge in [0.25, 0.3) is 11.8 Å². The second-order valence-corrected chi connectivity index (χ2v) is 35.3. The van der Waals surface area contributed by atoms with E-state index in [1.165, 1.54) is 32.5 Å². The van der Waals surface area contributed by atoms with E-state index in [0.717, 1.165) is 9.75 Å². The lowest BCUT2D eigenvalue weighted by Gasteiger charge is -2.36. The number of para-hydroxylation sites is 4. The number of fused-ring (bicyclic) bond motifs is 2. The molecule has 2 aromatic carbocycles. The quantitative estimate of drug-likeness (QED) is 0.0377. The molecule has 2 saturated heterocycles. The van der Waals surface area contributed by atoms with Crippen LogP contribution in [0.25, 0.3) is 43.2 Å². The number of nitrogens with zero attached hydrogens (tertiary/aromatic N) is 6. The summed E-state index contributed by atoms with van der Waals surface area (Å²) >= 11 is 2.84. The predicted octanol–water partition coefficient (Wildman–Crippen LogP) is 7.64. The van der Waals surface area contributed by atoms with Crippen molar-refractivity contribution in [2.45, 2.75) is 190 Å². The number of nitrogens with one attached hydrogen (secondary N) is 5. The van der Waals surface area contributed by atoms with Gasteiger partial charge in [-0.1, -0.05) is 77.9 Å². The van der Waals surface area contributed by atoms with Crippen LogP contribution in [0.1, 0.15) is 114 Å². The summed E-state index contributed by atoms with van der Waals surface area (Å²) in [4.78, 5) is 119. The fraction of sp³-hybridized carbons (Fsp3) is 0.537. The van der Waals surface area contributed by atoms with Crippen molar-refractivity contribution in [3.8, 4) is 32.9 Å². The number of sulfonamides is 2. The van der Waals surface area contributed by atoms with Gasteiger partial charge in [0.05, 0.1) is 73.3 Å². The Balaban J connectivity index is 0.000000219. The van der Waals surface area contributed by atoms with Gasteiger partial charge in [-0.2, -0.15) is 0 Å². The molecule has 6 aliphatic rings. The van der Waals surface area contributed by atoms with Crippen molar-refractivity contribution in [2.24, 2.45) is 28.4 Å². The van der Waals surface area contributed by atoms with Crippen LogP contribution in [-0.4, -0.2) is 178 Å². The van der Waals surface area contributed by atoms with Gasteiger partial charge in [0.15, 0.2) is 0 Å². The maximum Gasteiger partial charge on any atom is 0.408 e. The topological polar surface area (TPSA) is 360 Å². The van der Waals surface area contributed by atoms with E-state index in [2.05, 4.69) is 20.9 Å². The number of carbonyl (C=O) groups is 7. The van der Waals surface area contributed by atoms with Gasteiger partial charge in [0, 0.05) is 12.8 Å². The number of nitrogens with two attached hydrogens (primary N) is 1. The number of ether oxygens (including phenoxy) is 3. The number of aromatic nitrogens is 4. The highest BCUT2D eigenvalue weighted by Gasteiger charge is 2.68. The van der Waals surface area contributed by atoms with E-state index >= 15 is 0 Å². The summed E-state index contributed by atoms with van der Waals surface area (Å²) in [6.07, 6.45) is -8.48. The van der Waals surface area contributed by atoms with E-state index in [-0.39, 0.29) is 50.1 Å². The van der Waals surface area contributed by atoms with Crippen LogP contribution in [0.15, 0.2) is 83.6 Å². The molecular formula is C67H81ClF4N12O14S4. The number of hydrogen-bond acceptors (Lipinski definition) is 21. The molecule has 7 amide bonds. The zero-order valence-corrected chi connectivity index (χ0v) is 61.2. The first-order valence-electron chi connectivity index (χ1n) is 32.9. The van der Waals surface area contributed by atoms with E-state index in [1.807, 2.05) is 68.7 Å². The summed E-state index contributed by atoms with van der Waals surface area (Å²) in [7, 11) is -8.21. The molecule has 26 nitrogen and oxygen atoms in total. The Morgan fingerprint density at radius 1 is 0.569 bits per heavy atom. The van der Waals surface area contributed by atoms with Gasteiger partial charge in [-0.3, -0.25) is 38.2 Å². The summed E-state index contributed by atoms with van der Waals surface area (Å²) in [6.45, 7) is 15.1. The Morgan fingerprint density at radius 3 is 1.27 bits per heavy atom. The molecule has 6 aromatic rings. The molecule has 35 heteroatoms. The smallest absolute Gasteiger partial charge is 0.408 e. The molecule has 12 rings (SSSR count). The Labute approximate surface area is 600 Å². The monoisotopic (exact) mass is 1520 g/mol. The number of amides is 7. The van der Waals surface area contributed by atoms with Gasteiger partial charge >= 0.3 is 6.09 Å². The number of carbonyl (C=O) groups excluding carboxylic acids is 7. The standard InChI is InChI=1S/C36H44F2N6O8S2.C31H36F2N6O6S2.ClH/c1-34(2,3)27(41-33(48)52-35(4,5)6)31(46)44-18-19(51-30-26(25-12-9-15-53-25)39-22-10-7-8-11-23(22)40-30)16-24(44)29(45)42-36(17-21(36)28(37)38)32(47)43-54(49,50)20-13-14-20;1-30(2,3)24(34)28(41)39-15-16(45-27-23(22-9-6-12-46-22)35-19-7-4-5-8-20(19)36-27)13-21(39)26(40)37-31(14-18(31)25(32)33)29(42)38-47(43,44)17-10-11-17;/h7-12,15,19-21,24,27-28H,13-14,16-18H2,1-6H3,(H,41,48)(H,42,45)(H,43,47);4-9,12,16-18,21,24-25H,10-11,13-15,34H2,1-3H3,(H,37,40)(H,38,42);1H/t19-,21+,24+,27-,36-;16-,18+,21+,24-,31-;/m11./s1. The molecular weight excluding hydrogens is 1440 g/mol. The molecule has 552 valence electrons. The lowest BCUT2D eigenvalue weighted by atomic mass is 9.85. The lowest BCUT2D eigenvalue weighted by Crippen LogP contribution is -2.60. The third kappa shape index (κ3) is 16.8. The molecule has 0 radical (unpaired) electrons. The minimum Gasteiger partial charge on any atom is -0.471 e. The van der Waals surface area contributed by atoms with Gasteiger partial charge < -0.3 is 45.7 Å².